The molecule has 5 heteroatoms. The van der Waals surface area contributed by atoms with Crippen LogP contribution >= 0.6 is 0 Å². The Morgan fingerprint density at radius 2 is 2.50 bits per heavy atom. The second-order valence-electron chi connectivity index (χ2n) is 2.56. The molecule has 0 aromatic carbocycles. The van der Waals surface area contributed by atoms with Crippen LogP contribution in [0, 0.1) is 0 Å². The molecule has 0 saturated heterocycles. The van der Waals surface area contributed by atoms with E-state index in [2.05, 4.69) is 15.3 Å². The zero-order valence-electron chi connectivity index (χ0n) is 6.56. The molecule has 1 N–H and O–H groups in total. The summed E-state index contributed by atoms with van der Waals surface area (Å²) in [6.45, 7) is 1.75. The van der Waals surface area contributed by atoms with Crippen molar-refractivity contribution in [3.63, 3.8) is 0 Å². The number of carbonyl (C=O) groups is 1. The Kier molecular flexibility index (Phi) is 1.43. The molecular weight excluding hydrogens is 156 g/mol. The van der Waals surface area contributed by atoms with Crippen LogP contribution in [0.4, 0.5) is 4.79 Å². The van der Waals surface area contributed by atoms with Crippen molar-refractivity contribution in [2.24, 2.45) is 9.98 Å². The SMILES string of the molecule is CC1=NC2C=NC=CN2C(=O)N1. The van der Waals surface area contributed by atoms with Crippen LogP contribution in [0.5, 0.6) is 0 Å². The van der Waals surface area contributed by atoms with Gasteiger partial charge in [-0.15, -0.1) is 0 Å². The molecule has 1 unspecified atom stereocenters. The monoisotopic (exact) mass is 164 g/mol. The molecule has 2 amide bonds. The number of urea groups is 1. The second-order valence-corrected chi connectivity index (χ2v) is 2.56. The van der Waals surface area contributed by atoms with Crippen LogP contribution in [0.1, 0.15) is 6.92 Å². The fourth-order valence-corrected chi connectivity index (χ4v) is 1.13. The number of carbonyl (C=O) groups excluding carboxylic acids is 1. The lowest BCUT2D eigenvalue weighted by Gasteiger charge is -2.29. The molecule has 2 heterocycles. The summed E-state index contributed by atoms with van der Waals surface area (Å²) in [5.74, 6) is 0.628. The van der Waals surface area contributed by atoms with Gasteiger partial charge >= 0.3 is 6.03 Å². The summed E-state index contributed by atoms with van der Waals surface area (Å²) in [6, 6.07) is -0.157. The number of aliphatic imine (C=N–C) groups is 2. The molecule has 2 aliphatic heterocycles. The zero-order valence-corrected chi connectivity index (χ0v) is 6.56. The first kappa shape index (κ1) is 7.02. The minimum absolute atomic E-state index is 0.157. The number of nitrogens with one attached hydrogen (secondary N) is 1. The van der Waals surface area contributed by atoms with Crippen LogP contribution in [0.3, 0.4) is 0 Å². The third-order valence-corrected chi connectivity index (χ3v) is 1.67. The summed E-state index contributed by atoms with van der Waals surface area (Å²) < 4.78 is 0. The van der Waals surface area contributed by atoms with E-state index in [4.69, 9.17) is 0 Å². The third-order valence-electron chi connectivity index (χ3n) is 1.67. The predicted molar refractivity (Wildman–Crippen MR) is 44.9 cm³/mol. The highest BCUT2D eigenvalue weighted by molar-refractivity contribution is 6.00. The van der Waals surface area contributed by atoms with Crippen LogP contribution < -0.4 is 5.32 Å². The number of nitrogens with zero attached hydrogens (tertiary/aromatic N) is 3. The Balaban J connectivity index is 2.34. The molecular formula is C7H8N4O. The summed E-state index contributed by atoms with van der Waals surface area (Å²) in [5, 5.41) is 2.60. The first-order valence-electron chi connectivity index (χ1n) is 3.61. The third kappa shape index (κ3) is 0.990. The fourth-order valence-electron chi connectivity index (χ4n) is 1.13. The van der Waals surface area contributed by atoms with Gasteiger partial charge in [-0.2, -0.15) is 0 Å². The van der Waals surface area contributed by atoms with Gasteiger partial charge in [-0.25, -0.2) is 9.79 Å². The van der Waals surface area contributed by atoms with Gasteiger partial charge in [-0.05, 0) is 6.92 Å². The molecule has 2 aliphatic rings. The quantitative estimate of drug-likeness (QED) is 0.550. The van der Waals surface area contributed by atoms with Gasteiger partial charge in [0.1, 0.15) is 5.84 Å². The molecule has 62 valence electrons. The van der Waals surface area contributed by atoms with Crippen molar-refractivity contribution in [2.75, 3.05) is 0 Å². The van der Waals surface area contributed by atoms with Crippen molar-refractivity contribution in [1.82, 2.24) is 10.2 Å². The highest BCUT2D eigenvalue weighted by Gasteiger charge is 2.25. The van der Waals surface area contributed by atoms with Crippen molar-refractivity contribution in [3.8, 4) is 0 Å². The van der Waals surface area contributed by atoms with Crippen molar-refractivity contribution in [1.29, 1.82) is 0 Å². The average molecular weight is 164 g/mol. The van der Waals surface area contributed by atoms with E-state index in [0.717, 1.165) is 0 Å². The van der Waals surface area contributed by atoms with Crippen molar-refractivity contribution in [2.45, 2.75) is 13.1 Å². The van der Waals surface area contributed by atoms with Gasteiger partial charge in [0.15, 0.2) is 6.17 Å². The lowest BCUT2D eigenvalue weighted by molar-refractivity contribution is 0.212. The zero-order chi connectivity index (χ0) is 8.55. The molecule has 0 aromatic heterocycles. The Labute approximate surface area is 69.5 Å². The highest BCUT2D eigenvalue weighted by atomic mass is 16.2. The van der Waals surface area contributed by atoms with E-state index in [1.165, 1.54) is 4.90 Å². The molecule has 5 nitrogen and oxygen atoms in total. The molecule has 12 heavy (non-hydrogen) atoms. The maximum atomic E-state index is 11.3. The average Bonchev–Trinajstić information content (AvgIpc) is 2.04. The smallest absolute Gasteiger partial charge is 0.296 e. The maximum absolute atomic E-state index is 11.3. The molecule has 0 radical (unpaired) electrons. The van der Waals surface area contributed by atoms with E-state index in [1.807, 2.05) is 0 Å². The van der Waals surface area contributed by atoms with Crippen molar-refractivity contribution in [3.05, 3.63) is 12.4 Å². The summed E-state index contributed by atoms with van der Waals surface area (Å²) in [7, 11) is 0. The van der Waals surface area contributed by atoms with Gasteiger partial charge in [0, 0.05) is 18.6 Å². The number of amidine groups is 1. The normalized spacial score (nSPS) is 26.4. The molecule has 0 aromatic rings. The largest absolute Gasteiger partial charge is 0.328 e. The van der Waals surface area contributed by atoms with E-state index in [9.17, 15) is 4.79 Å². The number of fused-ring (bicyclic) bond motifs is 1. The predicted octanol–water partition coefficient (Wildman–Crippen LogP) is 0.312. The van der Waals surface area contributed by atoms with E-state index in [0.29, 0.717) is 5.84 Å². The topological polar surface area (TPSA) is 57.1 Å². The van der Waals surface area contributed by atoms with Gasteiger partial charge in [0.05, 0.1) is 0 Å². The van der Waals surface area contributed by atoms with Crippen LogP contribution in [-0.4, -0.2) is 29.1 Å². The van der Waals surface area contributed by atoms with E-state index >= 15 is 0 Å². The number of rotatable bonds is 0. The number of amides is 2. The summed E-state index contributed by atoms with van der Waals surface area (Å²) in [5.41, 5.74) is 0. The van der Waals surface area contributed by atoms with Crippen LogP contribution in [0.15, 0.2) is 22.4 Å². The van der Waals surface area contributed by atoms with E-state index in [1.54, 1.807) is 25.5 Å². The minimum Gasteiger partial charge on any atom is -0.296 e. The molecule has 0 bridgehead atoms. The summed E-state index contributed by atoms with van der Waals surface area (Å²) in [4.78, 5) is 20.8. The van der Waals surface area contributed by atoms with Crippen molar-refractivity contribution >= 4 is 18.1 Å². The Morgan fingerprint density at radius 3 is 3.33 bits per heavy atom. The van der Waals surface area contributed by atoms with E-state index in [-0.39, 0.29) is 12.2 Å². The lowest BCUT2D eigenvalue weighted by Crippen LogP contribution is -2.50. The molecule has 0 fully saturated rings. The fraction of sp³-hybridized carbons (Fsp3) is 0.286. The summed E-state index contributed by atoms with van der Waals surface area (Å²) >= 11 is 0. The Morgan fingerprint density at radius 1 is 1.67 bits per heavy atom. The first-order valence-corrected chi connectivity index (χ1v) is 3.61. The molecule has 0 saturated carbocycles. The van der Waals surface area contributed by atoms with Crippen molar-refractivity contribution < 1.29 is 4.79 Å². The van der Waals surface area contributed by atoms with Crippen LogP contribution in [0.2, 0.25) is 0 Å². The molecule has 1 atom stereocenters. The number of hydrogen-bond acceptors (Lipinski definition) is 3. The van der Waals surface area contributed by atoms with Gasteiger partial charge in [-0.3, -0.25) is 15.2 Å². The standard InChI is InChI=1S/C7H8N4O/c1-5-9-6-4-8-2-3-11(6)7(12)10-5/h2-4,6H,1H3,(H,9,10,12). The van der Waals surface area contributed by atoms with E-state index < -0.39 is 0 Å². The Hall–Kier alpha value is -1.65. The first-order chi connectivity index (χ1) is 5.77. The second kappa shape index (κ2) is 2.44. The van der Waals surface area contributed by atoms with Crippen LogP contribution in [0.25, 0.3) is 0 Å². The Bertz CT molecular complexity index is 305. The number of hydrogen-bond donors (Lipinski definition) is 1. The molecule has 0 spiro atoms. The summed E-state index contributed by atoms with van der Waals surface area (Å²) in [6.07, 6.45) is 4.54. The highest BCUT2D eigenvalue weighted by Crippen LogP contribution is 2.09. The lowest BCUT2D eigenvalue weighted by atomic mass is 10.4. The minimum atomic E-state index is -0.260. The maximum Gasteiger partial charge on any atom is 0.328 e. The van der Waals surface area contributed by atoms with Gasteiger partial charge < -0.3 is 0 Å². The van der Waals surface area contributed by atoms with Gasteiger partial charge in [0.25, 0.3) is 0 Å². The molecule has 2 rings (SSSR count). The molecule has 0 aliphatic carbocycles. The van der Waals surface area contributed by atoms with Crippen LogP contribution in [-0.2, 0) is 0 Å². The van der Waals surface area contributed by atoms with Gasteiger partial charge in [0.2, 0.25) is 0 Å². The van der Waals surface area contributed by atoms with Gasteiger partial charge in [-0.1, -0.05) is 0 Å².